The zero-order chi connectivity index (χ0) is 9.30. The fourth-order valence-electron chi connectivity index (χ4n) is 0.694. The van der Waals surface area contributed by atoms with E-state index in [0.29, 0.717) is 6.07 Å². The Kier molecular flexibility index (Phi) is 2.03. The molecule has 1 aromatic rings. The van der Waals surface area contributed by atoms with E-state index in [1.54, 1.807) is 0 Å². The van der Waals surface area contributed by atoms with Crippen LogP contribution in [0.25, 0.3) is 0 Å². The van der Waals surface area contributed by atoms with Crippen molar-refractivity contribution < 1.29 is 23.1 Å². The van der Waals surface area contributed by atoms with Crippen LogP contribution in [0.4, 0.5) is 13.2 Å². The van der Waals surface area contributed by atoms with Crippen molar-refractivity contribution in [2.24, 2.45) is 0 Å². The van der Waals surface area contributed by atoms with Gasteiger partial charge < -0.3 is 5.11 Å². The van der Waals surface area contributed by atoms with E-state index in [4.69, 9.17) is 5.11 Å². The first-order valence-corrected chi connectivity index (χ1v) is 2.89. The van der Waals surface area contributed by atoms with Crippen molar-refractivity contribution in [3.63, 3.8) is 0 Å². The first kappa shape index (κ1) is 8.58. The van der Waals surface area contributed by atoms with Gasteiger partial charge in [0.05, 0.1) is 5.56 Å². The third kappa shape index (κ3) is 1.13. The SMILES string of the molecule is O=Cc1cc(F)c(F)c(F)c1O. The highest BCUT2D eigenvalue weighted by atomic mass is 19.2. The van der Waals surface area contributed by atoms with Gasteiger partial charge in [-0.15, -0.1) is 0 Å². The van der Waals surface area contributed by atoms with Crippen LogP contribution in [0, 0.1) is 17.5 Å². The molecule has 0 aliphatic rings. The van der Waals surface area contributed by atoms with Crippen molar-refractivity contribution in [1.82, 2.24) is 0 Å². The van der Waals surface area contributed by atoms with E-state index in [9.17, 15) is 18.0 Å². The number of hydrogen-bond acceptors (Lipinski definition) is 2. The van der Waals surface area contributed by atoms with Crippen LogP contribution < -0.4 is 0 Å². The monoisotopic (exact) mass is 176 g/mol. The summed E-state index contributed by atoms with van der Waals surface area (Å²) in [4.78, 5) is 10.0. The number of benzene rings is 1. The Hall–Kier alpha value is -1.52. The maximum Gasteiger partial charge on any atom is 0.204 e. The Bertz CT molecular complexity index is 336. The lowest BCUT2D eigenvalue weighted by Gasteiger charge is -2.00. The predicted octanol–water partition coefficient (Wildman–Crippen LogP) is 1.62. The number of aromatic hydroxyl groups is 1. The van der Waals surface area contributed by atoms with Gasteiger partial charge in [-0.05, 0) is 6.07 Å². The summed E-state index contributed by atoms with van der Waals surface area (Å²) in [5.74, 6) is -6.23. The lowest BCUT2D eigenvalue weighted by atomic mass is 10.2. The minimum Gasteiger partial charge on any atom is -0.504 e. The molecule has 0 aliphatic heterocycles. The number of rotatable bonds is 1. The molecule has 0 aromatic heterocycles. The molecule has 0 unspecified atom stereocenters. The number of carbonyl (C=O) groups is 1. The second-order valence-electron chi connectivity index (χ2n) is 2.04. The van der Waals surface area contributed by atoms with E-state index >= 15 is 0 Å². The molecule has 0 fully saturated rings. The van der Waals surface area contributed by atoms with E-state index in [-0.39, 0.29) is 6.29 Å². The van der Waals surface area contributed by atoms with Crippen LogP contribution in [0.3, 0.4) is 0 Å². The first-order chi connectivity index (χ1) is 5.57. The molecule has 5 heteroatoms. The topological polar surface area (TPSA) is 37.3 Å². The van der Waals surface area contributed by atoms with Crippen molar-refractivity contribution in [2.45, 2.75) is 0 Å². The third-order valence-electron chi connectivity index (χ3n) is 1.29. The minimum absolute atomic E-state index is 0.0287. The fraction of sp³-hybridized carbons (Fsp3) is 0. The molecule has 2 nitrogen and oxygen atoms in total. The van der Waals surface area contributed by atoms with Crippen molar-refractivity contribution in [2.75, 3.05) is 0 Å². The molecular weight excluding hydrogens is 173 g/mol. The highest BCUT2D eigenvalue weighted by Crippen LogP contribution is 2.24. The van der Waals surface area contributed by atoms with Gasteiger partial charge in [-0.25, -0.2) is 8.78 Å². The normalized spacial score (nSPS) is 9.92. The number of hydrogen-bond donors (Lipinski definition) is 1. The Balaban J connectivity index is 3.49. The molecular formula is C7H3F3O2. The van der Waals surface area contributed by atoms with Gasteiger partial charge >= 0.3 is 0 Å². The van der Waals surface area contributed by atoms with E-state index in [1.165, 1.54) is 0 Å². The van der Waals surface area contributed by atoms with Gasteiger partial charge in [0, 0.05) is 0 Å². The molecule has 12 heavy (non-hydrogen) atoms. The van der Waals surface area contributed by atoms with Gasteiger partial charge in [0.1, 0.15) is 0 Å². The molecule has 0 bridgehead atoms. The zero-order valence-corrected chi connectivity index (χ0v) is 5.64. The van der Waals surface area contributed by atoms with E-state index in [1.807, 2.05) is 0 Å². The second-order valence-corrected chi connectivity index (χ2v) is 2.04. The molecule has 0 amide bonds. The van der Waals surface area contributed by atoms with Gasteiger partial charge in [-0.2, -0.15) is 4.39 Å². The Morgan fingerprint density at radius 1 is 1.25 bits per heavy atom. The summed E-state index contributed by atoms with van der Waals surface area (Å²) in [6.45, 7) is 0. The Morgan fingerprint density at radius 2 is 1.83 bits per heavy atom. The maximum atomic E-state index is 12.4. The van der Waals surface area contributed by atoms with Crippen LogP contribution >= 0.6 is 0 Å². The second kappa shape index (κ2) is 2.84. The van der Waals surface area contributed by atoms with Gasteiger partial charge in [0.15, 0.2) is 23.7 Å². The molecule has 0 saturated carbocycles. The molecule has 0 atom stereocenters. The molecule has 0 spiro atoms. The van der Waals surface area contributed by atoms with Crippen LogP contribution in [0.15, 0.2) is 6.07 Å². The number of carbonyl (C=O) groups excluding carboxylic acids is 1. The summed E-state index contributed by atoms with van der Waals surface area (Å²) >= 11 is 0. The highest BCUT2D eigenvalue weighted by molar-refractivity contribution is 5.79. The Morgan fingerprint density at radius 3 is 2.33 bits per heavy atom. The number of halogens is 3. The van der Waals surface area contributed by atoms with Gasteiger partial charge in [-0.1, -0.05) is 0 Å². The van der Waals surface area contributed by atoms with Crippen LogP contribution in [0.5, 0.6) is 5.75 Å². The Labute approximate surface area is 65.2 Å². The molecule has 1 rings (SSSR count). The summed E-state index contributed by atoms with van der Waals surface area (Å²) in [5.41, 5.74) is -0.619. The third-order valence-corrected chi connectivity index (χ3v) is 1.29. The molecule has 1 N–H and O–H groups in total. The summed E-state index contributed by atoms with van der Waals surface area (Å²) in [6, 6.07) is 0.417. The molecule has 0 radical (unpaired) electrons. The van der Waals surface area contributed by atoms with E-state index in [2.05, 4.69) is 0 Å². The molecule has 1 aromatic carbocycles. The lowest BCUT2D eigenvalue weighted by molar-refractivity contribution is 0.111. The standard InChI is InChI=1S/C7H3F3O2/c8-4-1-3(2-11)7(12)6(10)5(4)9/h1-2,12H. The van der Waals surface area contributed by atoms with Crippen LogP contribution in [-0.2, 0) is 0 Å². The largest absolute Gasteiger partial charge is 0.504 e. The number of phenols is 1. The van der Waals surface area contributed by atoms with Crippen molar-refractivity contribution in [1.29, 1.82) is 0 Å². The van der Waals surface area contributed by atoms with Gasteiger partial charge in [-0.3, -0.25) is 4.79 Å². The average molecular weight is 176 g/mol. The molecule has 0 heterocycles. The van der Waals surface area contributed by atoms with Crippen LogP contribution in [0.1, 0.15) is 10.4 Å². The number of aldehydes is 1. The maximum absolute atomic E-state index is 12.4. The predicted molar refractivity (Wildman–Crippen MR) is 33.4 cm³/mol. The quantitative estimate of drug-likeness (QED) is 0.521. The number of phenolic OH excluding ortho intramolecular Hbond substituents is 1. The summed E-state index contributed by atoms with van der Waals surface area (Å²) < 4.78 is 37.0. The molecule has 0 aliphatic carbocycles. The van der Waals surface area contributed by atoms with Gasteiger partial charge in [0.25, 0.3) is 0 Å². The minimum atomic E-state index is -1.79. The fourth-order valence-corrected chi connectivity index (χ4v) is 0.694. The summed E-state index contributed by atoms with van der Waals surface area (Å²) in [6.07, 6.45) is 0.0287. The highest BCUT2D eigenvalue weighted by Gasteiger charge is 2.17. The average Bonchev–Trinajstić information content (AvgIpc) is 2.08. The molecule has 0 saturated heterocycles. The summed E-state index contributed by atoms with van der Waals surface area (Å²) in [7, 11) is 0. The van der Waals surface area contributed by atoms with Crippen molar-refractivity contribution in [3.8, 4) is 5.75 Å². The van der Waals surface area contributed by atoms with Crippen LogP contribution in [0.2, 0.25) is 0 Å². The lowest BCUT2D eigenvalue weighted by Crippen LogP contribution is -1.95. The first-order valence-electron chi connectivity index (χ1n) is 2.89. The van der Waals surface area contributed by atoms with Crippen molar-refractivity contribution in [3.05, 3.63) is 29.1 Å². The van der Waals surface area contributed by atoms with Crippen LogP contribution in [-0.4, -0.2) is 11.4 Å². The zero-order valence-electron chi connectivity index (χ0n) is 5.64. The molecule has 64 valence electrons. The van der Waals surface area contributed by atoms with E-state index in [0.717, 1.165) is 0 Å². The van der Waals surface area contributed by atoms with Crippen molar-refractivity contribution >= 4 is 6.29 Å². The summed E-state index contributed by atoms with van der Waals surface area (Å²) in [5, 5.41) is 8.69. The van der Waals surface area contributed by atoms with E-state index < -0.39 is 28.8 Å². The van der Waals surface area contributed by atoms with Gasteiger partial charge in [0.2, 0.25) is 5.82 Å². The smallest absolute Gasteiger partial charge is 0.204 e.